The van der Waals surface area contributed by atoms with E-state index in [0.717, 1.165) is 31.7 Å². The molecule has 0 atom stereocenters. The van der Waals surface area contributed by atoms with Crippen molar-refractivity contribution >= 4 is 45.2 Å². The van der Waals surface area contributed by atoms with Crippen LogP contribution in [0.4, 0.5) is 0 Å². The molecule has 0 rings (SSSR count). The first-order chi connectivity index (χ1) is 9.83. The number of carbonyl (C=O) groups excluding carboxylic acids is 1. The third-order valence-electron chi connectivity index (χ3n) is 3.19. The Bertz CT molecular complexity index is 304. The van der Waals surface area contributed by atoms with E-state index < -0.39 is 6.00 Å². The van der Waals surface area contributed by atoms with Gasteiger partial charge in [0.05, 0.1) is 6.61 Å². The predicted molar refractivity (Wildman–Crippen MR) is 95.4 cm³/mol. The van der Waals surface area contributed by atoms with Gasteiger partial charge in [0.25, 0.3) is 0 Å². The Hall–Kier alpha value is 0.297. The van der Waals surface area contributed by atoms with Crippen LogP contribution in [0, 0.1) is 0 Å². The van der Waals surface area contributed by atoms with Crippen LogP contribution >= 0.6 is 33.2 Å². The number of hydrogen-bond donors (Lipinski definition) is 0. The number of hydrogen-bond acceptors (Lipinski definition) is 2. The summed E-state index contributed by atoms with van der Waals surface area (Å²) in [5.74, 6) is -0.284. The second-order valence-electron chi connectivity index (χ2n) is 5.46. The number of ether oxygens (including phenoxy) is 1. The molecule has 0 aliphatic heterocycles. The van der Waals surface area contributed by atoms with Crippen molar-refractivity contribution in [2.24, 2.45) is 0 Å². The minimum Gasteiger partial charge on any atom is -0.462 e. The van der Waals surface area contributed by atoms with E-state index in [2.05, 4.69) is 6.58 Å². The van der Waals surface area contributed by atoms with Crippen LogP contribution in [0.1, 0.15) is 64.7 Å². The van der Waals surface area contributed by atoms with Crippen LogP contribution in [0.3, 0.4) is 0 Å². The lowest BCUT2D eigenvalue weighted by molar-refractivity contribution is -0.139. The fraction of sp³-hybridized carbons (Fsp3) is 0.800. The van der Waals surface area contributed by atoms with Gasteiger partial charge < -0.3 is 4.74 Å². The van der Waals surface area contributed by atoms with Crippen LogP contribution in [0.25, 0.3) is 0 Å². The molecule has 0 aromatic carbocycles. The maximum absolute atomic E-state index is 11.1. The molecule has 0 saturated heterocycles. The maximum atomic E-state index is 11.1. The molecule has 0 aromatic rings. The van der Waals surface area contributed by atoms with Gasteiger partial charge in [0.1, 0.15) is 0 Å². The van der Waals surface area contributed by atoms with E-state index in [-0.39, 0.29) is 5.97 Å². The Morgan fingerprint density at radius 1 is 0.905 bits per heavy atom. The van der Waals surface area contributed by atoms with E-state index in [1.165, 1.54) is 32.1 Å². The SMILES string of the molecule is C=C(C)C(=O)OCCCCCCCCCCC[Si](Cl)(Cl)Cl. The minimum atomic E-state index is -2.39. The van der Waals surface area contributed by atoms with Gasteiger partial charge in [-0.2, -0.15) is 0 Å². The molecule has 0 fully saturated rings. The summed E-state index contributed by atoms with van der Waals surface area (Å²) in [6, 6.07) is -1.61. The molecule has 0 spiro atoms. The molecule has 0 aromatic heterocycles. The second-order valence-corrected chi connectivity index (χ2v) is 14.7. The Labute approximate surface area is 144 Å². The fourth-order valence-electron chi connectivity index (χ4n) is 1.95. The molecule has 0 aliphatic carbocycles. The van der Waals surface area contributed by atoms with Gasteiger partial charge in [-0.25, -0.2) is 4.79 Å². The number of carbonyl (C=O) groups is 1. The quantitative estimate of drug-likeness (QED) is 0.125. The molecule has 0 amide bonds. The van der Waals surface area contributed by atoms with Crippen LogP contribution in [-0.2, 0) is 9.53 Å². The molecular formula is C15H27Cl3O2Si. The lowest BCUT2D eigenvalue weighted by Crippen LogP contribution is -2.07. The highest BCUT2D eigenvalue weighted by Gasteiger charge is 2.23. The molecule has 2 nitrogen and oxygen atoms in total. The third kappa shape index (κ3) is 16.5. The molecule has 0 radical (unpaired) electrons. The Morgan fingerprint density at radius 2 is 1.33 bits per heavy atom. The van der Waals surface area contributed by atoms with Crippen molar-refractivity contribution in [2.45, 2.75) is 70.8 Å². The zero-order chi connectivity index (χ0) is 16.1. The molecule has 21 heavy (non-hydrogen) atoms. The summed E-state index contributed by atoms with van der Waals surface area (Å²) in [4.78, 5) is 11.1. The van der Waals surface area contributed by atoms with Crippen molar-refractivity contribution < 1.29 is 9.53 Å². The number of unbranched alkanes of at least 4 members (excludes halogenated alkanes) is 8. The Morgan fingerprint density at radius 3 is 1.76 bits per heavy atom. The highest BCUT2D eigenvalue weighted by Crippen LogP contribution is 2.27. The number of esters is 1. The molecule has 0 heterocycles. The van der Waals surface area contributed by atoms with Gasteiger partial charge >= 0.3 is 12.0 Å². The van der Waals surface area contributed by atoms with Crippen LogP contribution < -0.4 is 0 Å². The first kappa shape index (κ1) is 21.3. The summed E-state index contributed by atoms with van der Waals surface area (Å²) < 4.78 is 5.04. The lowest BCUT2D eigenvalue weighted by atomic mass is 10.1. The monoisotopic (exact) mass is 372 g/mol. The van der Waals surface area contributed by atoms with E-state index in [1.54, 1.807) is 6.92 Å². The normalized spacial score (nSPS) is 11.4. The molecule has 0 saturated carbocycles. The van der Waals surface area contributed by atoms with Crippen LogP contribution in [0.2, 0.25) is 6.04 Å². The van der Waals surface area contributed by atoms with E-state index in [1.807, 2.05) is 0 Å². The molecule has 6 heteroatoms. The maximum Gasteiger partial charge on any atom is 0.341 e. The minimum absolute atomic E-state index is 0.284. The highest BCUT2D eigenvalue weighted by atomic mass is 35.8. The molecule has 124 valence electrons. The topological polar surface area (TPSA) is 26.3 Å². The van der Waals surface area contributed by atoms with E-state index in [0.29, 0.717) is 12.2 Å². The van der Waals surface area contributed by atoms with Crippen LogP contribution in [-0.4, -0.2) is 18.6 Å². The van der Waals surface area contributed by atoms with Crippen molar-refractivity contribution in [1.29, 1.82) is 0 Å². The average Bonchev–Trinajstić information content (AvgIpc) is 2.38. The third-order valence-corrected chi connectivity index (χ3v) is 5.81. The molecule has 0 N–H and O–H groups in total. The van der Waals surface area contributed by atoms with Crippen molar-refractivity contribution in [3.8, 4) is 0 Å². The summed E-state index contributed by atoms with van der Waals surface area (Å²) in [7, 11) is 0. The van der Waals surface area contributed by atoms with Crippen molar-refractivity contribution in [2.75, 3.05) is 6.61 Å². The van der Waals surface area contributed by atoms with E-state index in [4.69, 9.17) is 38.0 Å². The first-order valence-corrected chi connectivity index (χ1v) is 13.0. The van der Waals surface area contributed by atoms with Gasteiger partial charge in [0.2, 0.25) is 0 Å². The largest absolute Gasteiger partial charge is 0.462 e. The zero-order valence-electron chi connectivity index (χ0n) is 12.9. The zero-order valence-corrected chi connectivity index (χ0v) is 16.2. The average molecular weight is 374 g/mol. The Balaban J connectivity index is 3.16. The van der Waals surface area contributed by atoms with Gasteiger partial charge in [-0.3, -0.25) is 0 Å². The highest BCUT2D eigenvalue weighted by molar-refractivity contribution is 7.64. The number of rotatable bonds is 13. The number of halogens is 3. The van der Waals surface area contributed by atoms with Crippen molar-refractivity contribution in [1.82, 2.24) is 0 Å². The van der Waals surface area contributed by atoms with Gasteiger partial charge in [-0.1, -0.05) is 57.9 Å². The predicted octanol–water partition coefficient (Wildman–Crippen LogP) is 6.27. The van der Waals surface area contributed by atoms with E-state index in [9.17, 15) is 4.79 Å². The lowest BCUT2D eigenvalue weighted by Gasteiger charge is -2.07. The summed E-state index contributed by atoms with van der Waals surface area (Å²) >= 11 is 17.5. The smallest absolute Gasteiger partial charge is 0.341 e. The second kappa shape index (κ2) is 12.8. The standard InChI is InChI=1S/C15H27Cl3O2Si/c1-14(2)15(19)20-12-10-8-6-4-3-5-7-9-11-13-21(16,17)18/h1,3-13H2,2H3. The molecular weight excluding hydrogens is 347 g/mol. The molecule has 0 bridgehead atoms. The Kier molecular flexibility index (Phi) is 13.0. The summed E-state index contributed by atoms with van der Waals surface area (Å²) in [6.07, 6.45) is 10.4. The van der Waals surface area contributed by atoms with Crippen molar-refractivity contribution in [3.05, 3.63) is 12.2 Å². The van der Waals surface area contributed by atoms with Crippen molar-refractivity contribution in [3.63, 3.8) is 0 Å². The fourth-order valence-corrected chi connectivity index (χ4v) is 3.81. The first-order valence-electron chi connectivity index (χ1n) is 7.72. The molecule has 0 unspecified atom stereocenters. The summed E-state index contributed by atoms with van der Waals surface area (Å²) in [5, 5.41) is 0. The van der Waals surface area contributed by atoms with Gasteiger partial charge in [-0.05, 0) is 19.4 Å². The van der Waals surface area contributed by atoms with Gasteiger partial charge in [0.15, 0.2) is 0 Å². The summed E-state index contributed by atoms with van der Waals surface area (Å²) in [6.45, 7) is 5.72. The van der Waals surface area contributed by atoms with Gasteiger partial charge in [-0.15, -0.1) is 33.2 Å². The van der Waals surface area contributed by atoms with Crippen LogP contribution in [0.5, 0.6) is 0 Å². The van der Waals surface area contributed by atoms with E-state index >= 15 is 0 Å². The summed E-state index contributed by atoms with van der Waals surface area (Å²) in [5.41, 5.74) is 0.465. The van der Waals surface area contributed by atoms with Crippen LogP contribution in [0.15, 0.2) is 12.2 Å². The van der Waals surface area contributed by atoms with Gasteiger partial charge in [0, 0.05) is 5.57 Å². The molecule has 0 aliphatic rings.